The monoisotopic (exact) mass is 375 g/mol. The van der Waals surface area contributed by atoms with E-state index in [0.29, 0.717) is 19.6 Å². The van der Waals surface area contributed by atoms with Gasteiger partial charge in [0.2, 0.25) is 12.7 Å². The molecule has 1 fully saturated rings. The van der Waals surface area contributed by atoms with Crippen molar-refractivity contribution >= 4 is 16.8 Å². The third-order valence-electron chi connectivity index (χ3n) is 5.30. The largest absolute Gasteiger partial charge is 0.454 e. The van der Waals surface area contributed by atoms with Crippen molar-refractivity contribution < 1.29 is 14.3 Å². The average Bonchev–Trinajstić information content (AvgIpc) is 3.13. The van der Waals surface area contributed by atoms with Gasteiger partial charge < -0.3 is 14.8 Å². The predicted octanol–water partition coefficient (Wildman–Crippen LogP) is 2.87. The number of benzene rings is 2. The van der Waals surface area contributed by atoms with Crippen LogP contribution in [-0.4, -0.2) is 42.2 Å². The van der Waals surface area contributed by atoms with Crippen molar-refractivity contribution in [2.75, 3.05) is 26.4 Å². The van der Waals surface area contributed by atoms with Crippen LogP contribution in [0.25, 0.3) is 22.2 Å². The summed E-state index contributed by atoms with van der Waals surface area (Å²) in [7, 11) is 0. The maximum Gasteiger partial charge on any atom is 0.234 e. The van der Waals surface area contributed by atoms with Crippen molar-refractivity contribution in [3.63, 3.8) is 0 Å². The summed E-state index contributed by atoms with van der Waals surface area (Å²) in [5.74, 6) is 1.55. The minimum Gasteiger partial charge on any atom is -0.454 e. The quantitative estimate of drug-likeness (QED) is 0.763. The van der Waals surface area contributed by atoms with Gasteiger partial charge in [0.1, 0.15) is 0 Å². The number of nitrogens with one attached hydrogen (secondary N) is 1. The smallest absolute Gasteiger partial charge is 0.234 e. The van der Waals surface area contributed by atoms with Crippen LogP contribution < -0.4 is 14.8 Å². The fourth-order valence-corrected chi connectivity index (χ4v) is 3.87. The van der Waals surface area contributed by atoms with Crippen molar-refractivity contribution in [2.24, 2.45) is 0 Å². The molecule has 0 unspecified atom stereocenters. The van der Waals surface area contributed by atoms with Crippen molar-refractivity contribution in [3.05, 3.63) is 53.6 Å². The van der Waals surface area contributed by atoms with Crippen LogP contribution in [0, 0.1) is 6.92 Å². The number of nitrogens with zero attached hydrogens (tertiary/aromatic N) is 2. The number of rotatable bonds is 3. The van der Waals surface area contributed by atoms with Gasteiger partial charge in [0.25, 0.3) is 0 Å². The van der Waals surface area contributed by atoms with Crippen LogP contribution in [-0.2, 0) is 11.3 Å². The fraction of sp³-hybridized carbons (Fsp3) is 0.273. The summed E-state index contributed by atoms with van der Waals surface area (Å²) < 4.78 is 11.1. The van der Waals surface area contributed by atoms with Crippen molar-refractivity contribution in [3.8, 4) is 22.8 Å². The average molecular weight is 375 g/mol. The normalized spacial score (nSPS) is 16.4. The second kappa shape index (κ2) is 6.80. The molecule has 0 atom stereocenters. The number of fused-ring (bicyclic) bond motifs is 2. The third kappa shape index (κ3) is 3.05. The lowest BCUT2D eigenvalue weighted by atomic mass is 9.99. The predicted molar refractivity (Wildman–Crippen MR) is 106 cm³/mol. The first-order chi connectivity index (χ1) is 13.7. The summed E-state index contributed by atoms with van der Waals surface area (Å²) in [5, 5.41) is 3.90. The Balaban J connectivity index is 1.64. The van der Waals surface area contributed by atoms with Crippen LogP contribution in [0.15, 0.2) is 42.5 Å². The minimum absolute atomic E-state index is 0.0702. The Hall–Kier alpha value is -3.12. The molecule has 3 aromatic rings. The number of hydrogen-bond donors (Lipinski definition) is 1. The highest BCUT2D eigenvalue weighted by Crippen LogP contribution is 2.37. The highest BCUT2D eigenvalue weighted by Gasteiger charge is 2.21. The van der Waals surface area contributed by atoms with Gasteiger partial charge in [0, 0.05) is 36.7 Å². The van der Waals surface area contributed by atoms with Gasteiger partial charge in [0.05, 0.1) is 17.8 Å². The van der Waals surface area contributed by atoms with Crippen molar-refractivity contribution in [2.45, 2.75) is 13.5 Å². The van der Waals surface area contributed by atoms with Gasteiger partial charge in [0.15, 0.2) is 11.5 Å². The Morgan fingerprint density at radius 2 is 1.96 bits per heavy atom. The molecule has 1 saturated heterocycles. The molecule has 2 aliphatic heterocycles. The van der Waals surface area contributed by atoms with E-state index in [4.69, 9.17) is 14.5 Å². The Morgan fingerprint density at radius 1 is 1.14 bits per heavy atom. The lowest BCUT2D eigenvalue weighted by molar-refractivity contribution is -0.124. The summed E-state index contributed by atoms with van der Waals surface area (Å²) in [4.78, 5) is 19.0. The molecule has 0 saturated carbocycles. The molecule has 0 spiro atoms. The van der Waals surface area contributed by atoms with Crippen LogP contribution in [0.4, 0.5) is 0 Å². The van der Waals surface area contributed by atoms with Crippen molar-refractivity contribution in [1.82, 2.24) is 15.2 Å². The summed E-state index contributed by atoms with van der Waals surface area (Å²) >= 11 is 0. The van der Waals surface area contributed by atoms with Gasteiger partial charge in [-0.05, 0) is 30.2 Å². The van der Waals surface area contributed by atoms with E-state index in [1.54, 1.807) is 0 Å². The molecule has 6 nitrogen and oxygen atoms in total. The number of piperazine rings is 1. The molecule has 2 aromatic carbocycles. The van der Waals surface area contributed by atoms with E-state index in [1.165, 1.54) is 5.56 Å². The zero-order valence-electron chi connectivity index (χ0n) is 15.7. The van der Waals surface area contributed by atoms with E-state index in [0.717, 1.165) is 45.8 Å². The van der Waals surface area contributed by atoms with E-state index < -0.39 is 0 Å². The Bertz CT molecular complexity index is 1080. The molecule has 28 heavy (non-hydrogen) atoms. The number of hydrogen-bond acceptors (Lipinski definition) is 5. The molecule has 5 rings (SSSR count). The SMILES string of the molecule is Cc1ccccc1-c1nc2cc3c(cc2cc1CN1CCNC(=O)C1)OCO3. The molecule has 0 aliphatic carbocycles. The van der Waals surface area contributed by atoms with Crippen LogP contribution in [0.5, 0.6) is 11.5 Å². The lowest BCUT2D eigenvalue weighted by Gasteiger charge is -2.27. The molecule has 6 heteroatoms. The Kier molecular flexibility index (Phi) is 4.13. The zero-order chi connectivity index (χ0) is 19.1. The van der Waals surface area contributed by atoms with E-state index in [2.05, 4.69) is 35.3 Å². The highest BCUT2D eigenvalue weighted by molar-refractivity contribution is 5.87. The first kappa shape index (κ1) is 17.0. The first-order valence-corrected chi connectivity index (χ1v) is 9.46. The van der Waals surface area contributed by atoms with E-state index in [1.807, 2.05) is 24.3 Å². The lowest BCUT2D eigenvalue weighted by Crippen LogP contribution is -2.47. The molecule has 3 heterocycles. The van der Waals surface area contributed by atoms with E-state index >= 15 is 0 Å². The third-order valence-corrected chi connectivity index (χ3v) is 5.30. The van der Waals surface area contributed by atoms with E-state index in [9.17, 15) is 4.79 Å². The fourth-order valence-electron chi connectivity index (χ4n) is 3.87. The molecule has 1 N–H and O–H groups in total. The summed E-state index contributed by atoms with van der Waals surface area (Å²) in [5.41, 5.74) is 5.22. The van der Waals surface area contributed by atoms with Gasteiger partial charge in [-0.15, -0.1) is 0 Å². The van der Waals surface area contributed by atoms with Gasteiger partial charge in [-0.3, -0.25) is 9.69 Å². The highest BCUT2D eigenvalue weighted by atomic mass is 16.7. The number of amides is 1. The van der Waals surface area contributed by atoms with Gasteiger partial charge >= 0.3 is 0 Å². The molecule has 1 amide bonds. The second-order valence-corrected chi connectivity index (χ2v) is 7.27. The topological polar surface area (TPSA) is 63.7 Å². The molecule has 1 aromatic heterocycles. The van der Waals surface area contributed by atoms with Gasteiger partial charge in [-0.1, -0.05) is 24.3 Å². The molecule has 2 aliphatic rings. The van der Waals surface area contributed by atoms with Gasteiger partial charge in [-0.25, -0.2) is 4.98 Å². The molecule has 142 valence electrons. The second-order valence-electron chi connectivity index (χ2n) is 7.27. The summed E-state index contributed by atoms with van der Waals surface area (Å²) in [6.07, 6.45) is 0. The Labute approximate surface area is 163 Å². The number of aromatic nitrogens is 1. The number of carbonyl (C=O) groups excluding carboxylic acids is 1. The number of aryl methyl sites for hydroxylation is 1. The minimum atomic E-state index is 0.0702. The van der Waals surface area contributed by atoms with Crippen LogP contribution in [0.1, 0.15) is 11.1 Å². The molecule has 0 bridgehead atoms. The first-order valence-electron chi connectivity index (χ1n) is 9.46. The van der Waals surface area contributed by atoms with Crippen LogP contribution in [0.3, 0.4) is 0 Å². The summed E-state index contributed by atoms with van der Waals surface area (Å²) in [6, 6.07) is 14.4. The number of carbonyl (C=O) groups is 1. The molecular weight excluding hydrogens is 354 g/mol. The van der Waals surface area contributed by atoms with E-state index in [-0.39, 0.29) is 12.7 Å². The van der Waals surface area contributed by atoms with Crippen LogP contribution >= 0.6 is 0 Å². The molecular formula is C22H21N3O3. The molecule has 0 radical (unpaired) electrons. The number of pyridine rings is 1. The van der Waals surface area contributed by atoms with Crippen LogP contribution in [0.2, 0.25) is 0 Å². The Morgan fingerprint density at radius 3 is 2.79 bits per heavy atom. The maximum atomic E-state index is 11.8. The van der Waals surface area contributed by atoms with Gasteiger partial charge in [-0.2, -0.15) is 0 Å². The summed E-state index contributed by atoms with van der Waals surface area (Å²) in [6.45, 7) is 4.93. The zero-order valence-corrected chi connectivity index (χ0v) is 15.7. The standard InChI is InChI=1S/C22H21N3O3/c1-14-4-2-3-5-17(14)22-16(11-25-7-6-23-21(26)12-25)8-15-9-19-20(28-13-27-19)10-18(15)24-22/h2-5,8-10H,6-7,11-13H2,1H3,(H,23,26). The number of ether oxygens (including phenoxy) is 2. The van der Waals surface area contributed by atoms with Crippen molar-refractivity contribution in [1.29, 1.82) is 0 Å². The maximum absolute atomic E-state index is 11.8.